The summed E-state index contributed by atoms with van der Waals surface area (Å²) in [4.78, 5) is 47.0. The van der Waals surface area contributed by atoms with E-state index in [-0.39, 0.29) is 24.8 Å². The Bertz CT molecular complexity index is 1210. The highest BCUT2D eigenvalue weighted by molar-refractivity contribution is 7.80. The molecule has 2 saturated heterocycles. The molecular weight excluding hydrogens is 542 g/mol. The summed E-state index contributed by atoms with van der Waals surface area (Å²) >= 11 is 5.81. The molecule has 0 aromatic heterocycles. The molecule has 2 aromatic carbocycles. The maximum Gasteiger partial charge on any atom is 0.338 e. The molecule has 0 radical (unpaired) electrons. The molecule has 1 N–H and O–H groups in total. The number of anilines is 2. The number of benzene rings is 2. The number of amides is 2. The number of carbonyl (C=O) groups excluding carboxylic acids is 3. The predicted molar refractivity (Wildman–Crippen MR) is 162 cm³/mol. The summed E-state index contributed by atoms with van der Waals surface area (Å²) in [5.74, 6) is -0.287. The molecule has 0 unspecified atom stereocenters. The number of likely N-dealkylation sites (N-methyl/N-ethyl adjacent to an activating group) is 1. The number of ether oxygens (including phenoxy) is 2. The highest BCUT2D eigenvalue weighted by Gasteiger charge is 2.44. The highest BCUT2D eigenvalue weighted by Crippen LogP contribution is 2.29. The van der Waals surface area contributed by atoms with Crippen LogP contribution < -0.4 is 15.0 Å². The lowest BCUT2D eigenvalue weighted by molar-refractivity contribution is -0.124. The molecule has 0 bridgehead atoms. The number of esters is 1. The molecule has 2 heterocycles. The Kier molecular flexibility index (Phi) is 10.7. The van der Waals surface area contributed by atoms with Gasteiger partial charge in [-0.05, 0) is 87.2 Å². The number of rotatable bonds is 12. The lowest BCUT2D eigenvalue weighted by atomic mass is 10.1. The van der Waals surface area contributed by atoms with E-state index in [1.54, 1.807) is 62.6 Å². The van der Waals surface area contributed by atoms with Crippen molar-refractivity contribution in [1.82, 2.24) is 14.7 Å². The van der Waals surface area contributed by atoms with Gasteiger partial charge in [-0.3, -0.25) is 14.5 Å². The Balaban J connectivity index is 1.44. The topological polar surface area (TPSA) is 94.7 Å². The number of hydrogen-bond donors (Lipinski definition) is 1. The van der Waals surface area contributed by atoms with Crippen LogP contribution in [0.25, 0.3) is 0 Å². The second-order valence-corrected chi connectivity index (χ2v) is 10.4. The fraction of sp³-hybridized carbons (Fsp3) is 0.467. The third-order valence-electron chi connectivity index (χ3n) is 7.49. The van der Waals surface area contributed by atoms with Crippen molar-refractivity contribution in [3.05, 3.63) is 54.1 Å². The van der Waals surface area contributed by atoms with Gasteiger partial charge in [0.25, 0.3) is 5.91 Å². The van der Waals surface area contributed by atoms with E-state index in [0.29, 0.717) is 34.3 Å². The maximum absolute atomic E-state index is 13.7. The van der Waals surface area contributed by atoms with Crippen molar-refractivity contribution in [3.8, 4) is 5.75 Å². The van der Waals surface area contributed by atoms with Gasteiger partial charge in [-0.2, -0.15) is 0 Å². The van der Waals surface area contributed by atoms with Crippen molar-refractivity contribution in [3.63, 3.8) is 0 Å². The molecule has 1 atom stereocenters. The van der Waals surface area contributed by atoms with Crippen molar-refractivity contribution in [2.45, 2.75) is 32.7 Å². The molecule has 0 spiro atoms. The molecular formula is C30H39N5O5S. The standard InChI is InChI=1S/C30H39N5O5S/c1-4-32-17-19-33(20-18-32)15-6-16-34-26(28(37)35(30(34)41)24-11-13-25(39-3)14-12-24)21-27(36)31-23-9-7-22(8-10-23)29(38)40-5-2/h7-14,26H,4-6,15-21H2,1-3H3,(H,31,36)/t26-/m0/s1. The van der Waals surface area contributed by atoms with Gasteiger partial charge in [0, 0.05) is 38.4 Å². The summed E-state index contributed by atoms with van der Waals surface area (Å²) in [7, 11) is 1.59. The Morgan fingerprint density at radius 2 is 1.61 bits per heavy atom. The van der Waals surface area contributed by atoms with E-state index in [4.69, 9.17) is 21.7 Å². The minimum atomic E-state index is -0.722. The number of nitrogens with zero attached hydrogens (tertiary/aromatic N) is 4. The number of thiocarbonyl (C=S) groups is 1. The van der Waals surface area contributed by atoms with Gasteiger partial charge < -0.3 is 29.5 Å². The van der Waals surface area contributed by atoms with Gasteiger partial charge in [0.1, 0.15) is 11.8 Å². The first-order chi connectivity index (χ1) is 19.8. The van der Waals surface area contributed by atoms with Crippen LogP contribution >= 0.6 is 12.2 Å². The minimum absolute atomic E-state index is 0.0551. The second kappa shape index (κ2) is 14.4. The van der Waals surface area contributed by atoms with Crippen LogP contribution in [0, 0.1) is 0 Å². The monoisotopic (exact) mass is 581 g/mol. The smallest absolute Gasteiger partial charge is 0.338 e. The maximum atomic E-state index is 13.7. The van der Waals surface area contributed by atoms with E-state index >= 15 is 0 Å². The van der Waals surface area contributed by atoms with Gasteiger partial charge in [-0.1, -0.05) is 6.92 Å². The first-order valence-electron chi connectivity index (χ1n) is 14.1. The molecule has 41 heavy (non-hydrogen) atoms. The van der Waals surface area contributed by atoms with E-state index < -0.39 is 12.0 Å². The van der Waals surface area contributed by atoms with Gasteiger partial charge >= 0.3 is 5.97 Å². The van der Waals surface area contributed by atoms with Crippen LogP contribution in [0.5, 0.6) is 5.75 Å². The van der Waals surface area contributed by atoms with Gasteiger partial charge in [0.2, 0.25) is 5.91 Å². The summed E-state index contributed by atoms with van der Waals surface area (Å²) in [5, 5.41) is 3.24. The third kappa shape index (κ3) is 7.60. The fourth-order valence-corrected chi connectivity index (χ4v) is 5.56. The molecule has 2 aromatic rings. The number of nitrogens with one attached hydrogen (secondary N) is 1. The summed E-state index contributed by atoms with van der Waals surface area (Å²) in [6, 6.07) is 12.9. The normalized spacial score (nSPS) is 18.1. The predicted octanol–water partition coefficient (Wildman–Crippen LogP) is 3.23. The molecule has 2 amide bonds. The van der Waals surface area contributed by atoms with E-state index in [9.17, 15) is 14.4 Å². The van der Waals surface area contributed by atoms with Crippen LogP contribution in [0.4, 0.5) is 11.4 Å². The molecule has 2 aliphatic heterocycles. The van der Waals surface area contributed by atoms with Crippen LogP contribution in [0.2, 0.25) is 0 Å². The van der Waals surface area contributed by atoms with Gasteiger partial charge in [-0.15, -0.1) is 0 Å². The largest absolute Gasteiger partial charge is 0.497 e. The first kappa shape index (κ1) is 30.4. The molecule has 10 nitrogen and oxygen atoms in total. The van der Waals surface area contributed by atoms with Gasteiger partial charge in [-0.25, -0.2) is 4.79 Å². The summed E-state index contributed by atoms with van der Waals surface area (Å²) < 4.78 is 10.3. The summed E-state index contributed by atoms with van der Waals surface area (Å²) in [5.41, 5.74) is 1.57. The van der Waals surface area contributed by atoms with Crippen LogP contribution in [0.3, 0.4) is 0 Å². The number of hydrogen-bond acceptors (Lipinski definition) is 8. The highest BCUT2D eigenvalue weighted by atomic mass is 32.1. The summed E-state index contributed by atoms with van der Waals surface area (Å²) in [6.45, 7) is 10.9. The number of carbonyl (C=O) groups is 3. The van der Waals surface area contributed by atoms with Crippen molar-refractivity contribution in [2.24, 2.45) is 0 Å². The number of methoxy groups -OCH3 is 1. The van der Waals surface area contributed by atoms with Crippen molar-refractivity contribution in [1.29, 1.82) is 0 Å². The van der Waals surface area contributed by atoms with Crippen molar-refractivity contribution in [2.75, 3.05) is 69.7 Å². The zero-order chi connectivity index (χ0) is 29.4. The molecule has 4 rings (SSSR count). The lowest BCUT2D eigenvalue weighted by Gasteiger charge is -2.34. The molecule has 2 fully saturated rings. The zero-order valence-corrected chi connectivity index (χ0v) is 24.8. The molecule has 0 saturated carbocycles. The number of piperazine rings is 1. The zero-order valence-electron chi connectivity index (χ0n) is 24.0. The Labute approximate surface area is 247 Å². The van der Waals surface area contributed by atoms with Crippen LogP contribution in [0.15, 0.2) is 48.5 Å². The van der Waals surface area contributed by atoms with Gasteiger partial charge in [0.15, 0.2) is 5.11 Å². The molecule has 220 valence electrons. The van der Waals surface area contributed by atoms with Crippen molar-refractivity contribution < 1.29 is 23.9 Å². The van der Waals surface area contributed by atoms with Gasteiger partial charge in [0.05, 0.1) is 31.4 Å². The van der Waals surface area contributed by atoms with Crippen LogP contribution in [0.1, 0.15) is 37.0 Å². The third-order valence-corrected chi connectivity index (χ3v) is 7.91. The van der Waals surface area contributed by atoms with E-state index in [2.05, 4.69) is 22.0 Å². The van der Waals surface area contributed by atoms with Crippen molar-refractivity contribution >= 4 is 46.5 Å². The van der Waals surface area contributed by atoms with Crippen LogP contribution in [-0.4, -0.2) is 103 Å². The average Bonchev–Trinajstić information content (AvgIpc) is 3.21. The quantitative estimate of drug-likeness (QED) is 0.300. The molecule has 11 heteroatoms. The van der Waals surface area contributed by atoms with E-state index in [1.165, 1.54) is 4.90 Å². The van der Waals surface area contributed by atoms with E-state index in [1.807, 2.05) is 4.90 Å². The lowest BCUT2D eigenvalue weighted by Crippen LogP contribution is -2.47. The SMILES string of the molecule is CCOC(=O)c1ccc(NC(=O)C[C@H]2C(=O)N(c3ccc(OC)cc3)C(=S)N2CCCN2CCN(CC)CC2)cc1. The molecule has 0 aliphatic carbocycles. The average molecular weight is 582 g/mol. The molecule has 2 aliphatic rings. The summed E-state index contributed by atoms with van der Waals surface area (Å²) in [6.07, 6.45) is 0.768. The van der Waals surface area contributed by atoms with E-state index in [0.717, 1.165) is 45.7 Å². The first-order valence-corrected chi connectivity index (χ1v) is 14.6. The van der Waals surface area contributed by atoms with Crippen LogP contribution in [-0.2, 0) is 14.3 Å². The Morgan fingerprint density at radius 3 is 2.22 bits per heavy atom. The Hall–Kier alpha value is -3.54. The fourth-order valence-electron chi connectivity index (χ4n) is 5.14. The Morgan fingerprint density at radius 1 is 0.951 bits per heavy atom. The minimum Gasteiger partial charge on any atom is -0.497 e. The second-order valence-electron chi connectivity index (χ2n) is 10.0.